The third kappa shape index (κ3) is 7.56. The van der Waals surface area contributed by atoms with Crippen LogP contribution in [0.2, 0.25) is 0 Å². The molecular formula is C14H31N3O3S. The van der Waals surface area contributed by atoms with Crippen LogP contribution in [0.15, 0.2) is 0 Å². The second kappa shape index (κ2) is 10.5. The number of hydrogen-bond acceptors (Lipinski definition) is 4. The van der Waals surface area contributed by atoms with Gasteiger partial charge in [0.15, 0.2) is 0 Å². The first-order chi connectivity index (χ1) is 10.1. The summed E-state index contributed by atoms with van der Waals surface area (Å²) in [6, 6.07) is 0. The molecule has 1 aliphatic rings. The monoisotopic (exact) mass is 321 g/mol. The average Bonchev–Trinajstić information content (AvgIpc) is 2.49. The number of piperidine rings is 1. The molecule has 1 heterocycles. The lowest BCUT2D eigenvalue weighted by atomic mass is 9.98. The Labute approximate surface area is 129 Å². The van der Waals surface area contributed by atoms with Crippen molar-refractivity contribution in [2.75, 3.05) is 45.9 Å². The van der Waals surface area contributed by atoms with E-state index in [2.05, 4.69) is 23.9 Å². The Morgan fingerprint density at radius 3 is 2.52 bits per heavy atom. The Morgan fingerprint density at radius 1 is 1.19 bits per heavy atom. The maximum atomic E-state index is 12.1. The highest BCUT2D eigenvalue weighted by molar-refractivity contribution is 7.87. The van der Waals surface area contributed by atoms with Crippen LogP contribution in [0.25, 0.3) is 0 Å². The summed E-state index contributed by atoms with van der Waals surface area (Å²) in [5.74, 6) is 0.591. The molecular weight excluding hydrogens is 290 g/mol. The number of nitrogens with zero attached hydrogens (tertiary/aromatic N) is 1. The summed E-state index contributed by atoms with van der Waals surface area (Å²) < 4.78 is 33.8. The molecule has 0 amide bonds. The Balaban J connectivity index is 2.20. The van der Waals surface area contributed by atoms with E-state index in [1.165, 1.54) is 0 Å². The molecule has 7 heteroatoms. The maximum Gasteiger partial charge on any atom is 0.279 e. The van der Waals surface area contributed by atoms with Gasteiger partial charge in [-0.25, -0.2) is 0 Å². The van der Waals surface area contributed by atoms with E-state index in [4.69, 9.17) is 4.74 Å². The molecule has 0 atom stereocenters. The van der Waals surface area contributed by atoms with Crippen molar-refractivity contribution in [2.24, 2.45) is 5.92 Å². The van der Waals surface area contributed by atoms with Crippen molar-refractivity contribution < 1.29 is 13.2 Å². The topological polar surface area (TPSA) is 70.7 Å². The Morgan fingerprint density at radius 2 is 1.90 bits per heavy atom. The smallest absolute Gasteiger partial charge is 0.279 e. The fourth-order valence-corrected chi connectivity index (χ4v) is 3.60. The van der Waals surface area contributed by atoms with Crippen molar-refractivity contribution in [2.45, 2.75) is 39.5 Å². The standard InChI is InChI=1S/C14H31N3O3S/c1-3-5-11-20-12-8-16-21(18,19)17-9-6-14(7-10-17)13-15-4-2/h14-16H,3-13H2,1-2H3. The first kappa shape index (κ1) is 18.8. The van der Waals surface area contributed by atoms with Gasteiger partial charge in [-0.15, -0.1) is 0 Å². The van der Waals surface area contributed by atoms with Crippen LogP contribution >= 0.6 is 0 Å². The minimum atomic E-state index is -3.34. The molecule has 0 saturated carbocycles. The average molecular weight is 321 g/mol. The highest BCUT2D eigenvalue weighted by atomic mass is 32.2. The minimum absolute atomic E-state index is 0.351. The SMILES string of the molecule is CCCCOCCNS(=O)(=O)N1CCC(CNCC)CC1. The summed E-state index contributed by atoms with van der Waals surface area (Å²) in [6.07, 6.45) is 3.97. The number of hydrogen-bond donors (Lipinski definition) is 2. The van der Waals surface area contributed by atoms with Gasteiger partial charge >= 0.3 is 0 Å². The molecule has 1 fully saturated rings. The third-order valence-corrected chi connectivity index (χ3v) is 5.38. The predicted molar refractivity (Wildman–Crippen MR) is 85.5 cm³/mol. The summed E-state index contributed by atoms with van der Waals surface area (Å²) >= 11 is 0. The Kier molecular flexibility index (Phi) is 9.42. The van der Waals surface area contributed by atoms with Crippen LogP contribution in [0.4, 0.5) is 0 Å². The van der Waals surface area contributed by atoms with Gasteiger partial charge in [-0.3, -0.25) is 0 Å². The lowest BCUT2D eigenvalue weighted by Gasteiger charge is -2.31. The second-order valence-electron chi connectivity index (χ2n) is 5.52. The third-order valence-electron chi connectivity index (χ3n) is 3.77. The summed E-state index contributed by atoms with van der Waals surface area (Å²) in [6.45, 7) is 8.87. The van der Waals surface area contributed by atoms with Gasteiger partial charge in [0.25, 0.3) is 10.2 Å². The molecule has 1 saturated heterocycles. The van der Waals surface area contributed by atoms with Crippen molar-refractivity contribution in [3.63, 3.8) is 0 Å². The molecule has 1 rings (SSSR count). The van der Waals surface area contributed by atoms with E-state index < -0.39 is 10.2 Å². The zero-order valence-corrected chi connectivity index (χ0v) is 14.3. The molecule has 6 nitrogen and oxygen atoms in total. The lowest BCUT2D eigenvalue weighted by Crippen LogP contribution is -2.46. The van der Waals surface area contributed by atoms with E-state index in [1.54, 1.807) is 4.31 Å². The fourth-order valence-electron chi connectivity index (χ4n) is 2.38. The summed E-state index contributed by atoms with van der Waals surface area (Å²) in [5.41, 5.74) is 0. The minimum Gasteiger partial charge on any atom is -0.380 e. The molecule has 2 N–H and O–H groups in total. The largest absolute Gasteiger partial charge is 0.380 e. The van der Waals surface area contributed by atoms with Crippen LogP contribution in [0.3, 0.4) is 0 Å². The van der Waals surface area contributed by atoms with Gasteiger partial charge in [-0.1, -0.05) is 20.3 Å². The molecule has 0 aromatic heterocycles. The van der Waals surface area contributed by atoms with Gasteiger partial charge in [-0.2, -0.15) is 17.4 Å². The van der Waals surface area contributed by atoms with E-state index in [0.717, 1.165) is 38.8 Å². The quantitative estimate of drug-likeness (QED) is 0.556. The van der Waals surface area contributed by atoms with Crippen LogP contribution in [-0.4, -0.2) is 58.7 Å². The number of ether oxygens (including phenoxy) is 1. The Hall–Kier alpha value is -0.210. The van der Waals surface area contributed by atoms with Gasteiger partial charge < -0.3 is 10.1 Å². The maximum absolute atomic E-state index is 12.1. The highest BCUT2D eigenvalue weighted by Crippen LogP contribution is 2.18. The molecule has 1 aliphatic heterocycles. The fraction of sp³-hybridized carbons (Fsp3) is 1.00. The molecule has 0 unspecified atom stereocenters. The summed E-state index contributed by atoms with van der Waals surface area (Å²) in [4.78, 5) is 0. The molecule has 126 valence electrons. The van der Waals surface area contributed by atoms with Crippen LogP contribution in [0, 0.1) is 5.92 Å². The summed E-state index contributed by atoms with van der Waals surface area (Å²) in [5, 5.41) is 3.33. The van der Waals surface area contributed by atoms with Crippen molar-refractivity contribution in [1.82, 2.24) is 14.3 Å². The molecule has 0 radical (unpaired) electrons. The van der Waals surface area contributed by atoms with Gasteiger partial charge in [0.1, 0.15) is 0 Å². The van der Waals surface area contributed by atoms with Crippen molar-refractivity contribution in [3.05, 3.63) is 0 Å². The predicted octanol–water partition coefficient (Wildman–Crippen LogP) is 0.959. The van der Waals surface area contributed by atoms with Crippen LogP contribution in [0.1, 0.15) is 39.5 Å². The first-order valence-corrected chi connectivity index (χ1v) is 9.57. The molecule has 0 aliphatic carbocycles. The van der Waals surface area contributed by atoms with Crippen molar-refractivity contribution in [1.29, 1.82) is 0 Å². The van der Waals surface area contributed by atoms with Crippen molar-refractivity contribution >= 4 is 10.2 Å². The highest BCUT2D eigenvalue weighted by Gasteiger charge is 2.27. The van der Waals surface area contributed by atoms with E-state index in [-0.39, 0.29) is 0 Å². The van der Waals surface area contributed by atoms with E-state index >= 15 is 0 Å². The van der Waals surface area contributed by atoms with Crippen LogP contribution in [0.5, 0.6) is 0 Å². The number of unbranched alkanes of at least 4 members (excludes halogenated alkanes) is 1. The zero-order valence-electron chi connectivity index (χ0n) is 13.4. The molecule has 0 aromatic carbocycles. The van der Waals surface area contributed by atoms with Gasteiger partial charge in [0.05, 0.1) is 6.61 Å². The van der Waals surface area contributed by atoms with E-state index in [9.17, 15) is 8.42 Å². The van der Waals surface area contributed by atoms with Gasteiger partial charge in [0, 0.05) is 26.2 Å². The van der Waals surface area contributed by atoms with Gasteiger partial charge in [0.2, 0.25) is 0 Å². The molecule has 0 aromatic rings. The van der Waals surface area contributed by atoms with Crippen molar-refractivity contribution in [3.8, 4) is 0 Å². The number of nitrogens with one attached hydrogen (secondary N) is 2. The second-order valence-corrected chi connectivity index (χ2v) is 7.27. The van der Waals surface area contributed by atoms with E-state index in [1.807, 2.05) is 0 Å². The van der Waals surface area contributed by atoms with Gasteiger partial charge in [-0.05, 0) is 38.3 Å². The van der Waals surface area contributed by atoms with E-state index in [0.29, 0.717) is 38.8 Å². The summed E-state index contributed by atoms with van der Waals surface area (Å²) in [7, 11) is -3.34. The van der Waals surface area contributed by atoms with Crippen LogP contribution < -0.4 is 10.0 Å². The van der Waals surface area contributed by atoms with Crippen LogP contribution in [-0.2, 0) is 14.9 Å². The molecule has 0 bridgehead atoms. The molecule has 0 spiro atoms. The zero-order chi connectivity index (χ0) is 15.6. The first-order valence-electron chi connectivity index (χ1n) is 8.13. The lowest BCUT2D eigenvalue weighted by molar-refractivity contribution is 0.136. The normalized spacial score (nSPS) is 18.2. The number of rotatable bonds is 11. The molecule has 21 heavy (non-hydrogen) atoms. The Bertz CT molecular complexity index is 354.